The molecule has 104 valence electrons. The monoisotopic (exact) mass is 275 g/mol. The summed E-state index contributed by atoms with van der Waals surface area (Å²) in [4.78, 5) is 12.0. The molecule has 2 aromatic carbocycles. The van der Waals surface area contributed by atoms with Crippen molar-refractivity contribution in [2.75, 3.05) is 0 Å². The molecular weight excluding hydrogens is 258 g/mol. The molecule has 1 aromatic heterocycles. The van der Waals surface area contributed by atoms with Crippen LogP contribution in [0.25, 0.3) is 11.1 Å². The van der Waals surface area contributed by atoms with Gasteiger partial charge in [0.05, 0.1) is 6.54 Å². The molecule has 0 saturated carbocycles. The highest BCUT2D eigenvalue weighted by Gasteiger charge is 2.02. The molecule has 0 spiro atoms. The number of rotatable bonds is 3. The summed E-state index contributed by atoms with van der Waals surface area (Å²) >= 11 is 0. The Bertz CT molecular complexity index is 786. The molecule has 2 nitrogen and oxygen atoms in total. The summed E-state index contributed by atoms with van der Waals surface area (Å²) < 4.78 is 1.76. The second-order valence-electron chi connectivity index (χ2n) is 5.24. The van der Waals surface area contributed by atoms with Crippen molar-refractivity contribution in [2.45, 2.75) is 13.5 Å². The second kappa shape index (κ2) is 5.80. The maximum atomic E-state index is 12.0. The van der Waals surface area contributed by atoms with Gasteiger partial charge in [0.15, 0.2) is 0 Å². The lowest BCUT2D eigenvalue weighted by Gasteiger charge is -2.09. The summed E-state index contributed by atoms with van der Waals surface area (Å²) in [5.74, 6) is 0. The van der Waals surface area contributed by atoms with Crippen molar-refractivity contribution in [2.24, 2.45) is 0 Å². The van der Waals surface area contributed by atoms with E-state index < -0.39 is 0 Å². The van der Waals surface area contributed by atoms with Crippen LogP contribution in [0.3, 0.4) is 0 Å². The van der Waals surface area contributed by atoms with Crippen molar-refractivity contribution in [1.82, 2.24) is 4.57 Å². The zero-order valence-corrected chi connectivity index (χ0v) is 12.0. The third kappa shape index (κ3) is 3.11. The number of benzene rings is 2. The summed E-state index contributed by atoms with van der Waals surface area (Å²) in [6.07, 6.45) is 1.93. The number of aromatic nitrogens is 1. The maximum absolute atomic E-state index is 12.0. The number of aryl methyl sites for hydroxylation is 1. The van der Waals surface area contributed by atoms with Gasteiger partial charge in [-0.3, -0.25) is 4.79 Å². The van der Waals surface area contributed by atoms with E-state index in [2.05, 4.69) is 43.3 Å². The molecule has 3 aromatic rings. The molecule has 2 heteroatoms. The zero-order chi connectivity index (χ0) is 14.7. The lowest BCUT2D eigenvalue weighted by atomic mass is 10.1. The fourth-order valence-corrected chi connectivity index (χ4v) is 2.35. The smallest absolute Gasteiger partial charge is 0.250 e. The molecule has 0 aliphatic rings. The van der Waals surface area contributed by atoms with E-state index in [1.54, 1.807) is 10.6 Å². The number of nitrogens with zero attached hydrogens (tertiary/aromatic N) is 1. The molecule has 1 heterocycles. The van der Waals surface area contributed by atoms with E-state index >= 15 is 0 Å². The lowest BCUT2D eigenvalue weighted by molar-refractivity contribution is 0.761. The Balaban J connectivity index is 1.95. The van der Waals surface area contributed by atoms with Gasteiger partial charge in [0.1, 0.15) is 0 Å². The van der Waals surface area contributed by atoms with E-state index in [1.807, 2.05) is 30.5 Å². The Morgan fingerprint density at radius 2 is 1.52 bits per heavy atom. The van der Waals surface area contributed by atoms with Crippen molar-refractivity contribution >= 4 is 0 Å². The Hall–Kier alpha value is -2.61. The predicted octanol–water partition coefficient (Wildman–Crippen LogP) is 3.87. The SMILES string of the molecule is Cc1ccc(Cn2cc(-c3ccccc3)ccc2=O)cc1. The van der Waals surface area contributed by atoms with Crippen LogP contribution in [0.2, 0.25) is 0 Å². The van der Waals surface area contributed by atoms with E-state index in [9.17, 15) is 4.79 Å². The molecule has 21 heavy (non-hydrogen) atoms. The van der Waals surface area contributed by atoms with Crippen LogP contribution in [0.4, 0.5) is 0 Å². The van der Waals surface area contributed by atoms with Crippen molar-refractivity contribution < 1.29 is 0 Å². The number of hydrogen-bond acceptors (Lipinski definition) is 1. The number of pyridine rings is 1. The quantitative estimate of drug-likeness (QED) is 0.711. The molecule has 3 rings (SSSR count). The van der Waals surface area contributed by atoms with Crippen molar-refractivity contribution in [3.05, 3.63) is 94.4 Å². The van der Waals surface area contributed by atoms with Crippen LogP contribution < -0.4 is 5.56 Å². The summed E-state index contributed by atoms with van der Waals surface area (Å²) in [5.41, 5.74) is 4.56. The van der Waals surface area contributed by atoms with Gasteiger partial charge in [0, 0.05) is 12.3 Å². The summed E-state index contributed by atoms with van der Waals surface area (Å²) in [6, 6.07) is 21.9. The molecule has 0 amide bonds. The van der Waals surface area contributed by atoms with Crippen LogP contribution in [-0.2, 0) is 6.54 Å². The van der Waals surface area contributed by atoms with Crippen LogP contribution in [0.15, 0.2) is 77.7 Å². The largest absolute Gasteiger partial charge is 0.310 e. The van der Waals surface area contributed by atoms with Crippen LogP contribution in [0.5, 0.6) is 0 Å². The van der Waals surface area contributed by atoms with Gasteiger partial charge in [-0.2, -0.15) is 0 Å². The first-order chi connectivity index (χ1) is 10.2. The highest BCUT2D eigenvalue weighted by Crippen LogP contribution is 2.17. The van der Waals surface area contributed by atoms with Gasteiger partial charge in [-0.15, -0.1) is 0 Å². The van der Waals surface area contributed by atoms with Crippen LogP contribution in [0, 0.1) is 6.92 Å². The molecule has 0 unspecified atom stereocenters. The fraction of sp³-hybridized carbons (Fsp3) is 0.105. The normalized spacial score (nSPS) is 10.5. The van der Waals surface area contributed by atoms with Gasteiger partial charge in [-0.05, 0) is 29.7 Å². The number of hydrogen-bond donors (Lipinski definition) is 0. The molecule has 0 bridgehead atoms. The summed E-state index contributed by atoms with van der Waals surface area (Å²) in [5, 5.41) is 0. The zero-order valence-electron chi connectivity index (χ0n) is 12.0. The third-order valence-electron chi connectivity index (χ3n) is 3.56. The van der Waals surface area contributed by atoms with Gasteiger partial charge in [0.2, 0.25) is 0 Å². The highest BCUT2D eigenvalue weighted by atomic mass is 16.1. The standard InChI is InChI=1S/C19H17NO/c1-15-7-9-16(10-8-15)13-20-14-18(11-12-19(20)21)17-5-3-2-4-6-17/h2-12,14H,13H2,1H3. The van der Waals surface area contributed by atoms with Gasteiger partial charge < -0.3 is 4.57 Å². The average Bonchev–Trinajstić information content (AvgIpc) is 2.52. The van der Waals surface area contributed by atoms with E-state index in [-0.39, 0.29) is 5.56 Å². The van der Waals surface area contributed by atoms with Gasteiger partial charge in [-0.25, -0.2) is 0 Å². The highest BCUT2D eigenvalue weighted by molar-refractivity contribution is 5.61. The lowest BCUT2D eigenvalue weighted by Crippen LogP contribution is -2.19. The third-order valence-corrected chi connectivity index (χ3v) is 3.56. The Kier molecular flexibility index (Phi) is 3.69. The van der Waals surface area contributed by atoms with Crippen molar-refractivity contribution in [3.8, 4) is 11.1 Å². The second-order valence-corrected chi connectivity index (χ2v) is 5.24. The fourth-order valence-electron chi connectivity index (χ4n) is 2.35. The first-order valence-corrected chi connectivity index (χ1v) is 7.04. The van der Waals surface area contributed by atoms with E-state index in [0.29, 0.717) is 6.54 Å². The van der Waals surface area contributed by atoms with Crippen LogP contribution in [0.1, 0.15) is 11.1 Å². The first kappa shape index (κ1) is 13.4. The average molecular weight is 275 g/mol. The molecule has 0 fully saturated rings. The Labute approximate surface area is 124 Å². The van der Waals surface area contributed by atoms with E-state index in [0.717, 1.165) is 16.7 Å². The predicted molar refractivity (Wildman–Crippen MR) is 86.4 cm³/mol. The minimum Gasteiger partial charge on any atom is -0.310 e. The minimum absolute atomic E-state index is 0.0234. The van der Waals surface area contributed by atoms with Gasteiger partial charge >= 0.3 is 0 Å². The van der Waals surface area contributed by atoms with E-state index in [1.165, 1.54) is 5.56 Å². The molecule has 0 radical (unpaired) electrons. The first-order valence-electron chi connectivity index (χ1n) is 7.04. The molecule has 0 atom stereocenters. The Morgan fingerprint density at radius 1 is 0.810 bits per heavy atom. The van der Waals surface area contributed by atoms with Gasteiger partial charge in [-0.1, -0.05) is 60.2 Å². The molecular formula is C19H17NO. The molecule has 0 N–H and O–H groups in total. The van der Waals surface area contributed by atoms with Gasteiger partial charge in [0.25, 0.3) is 5.56 Å². The minimum atomic E-state index is 0.0234. The van der Waals surface area contributed by atoms with Crippen molar-refractivity contribution in [1.29, 1.82) is 0 Å². The van der Waals surface area contributed by atoms with E-state index in [4.69, 9.17) is 0 Å². The van der Waals surface area contributed by atoms with Crippen LogP contribution >= 0.6 is 0 Å². The Morgan fingerprint density at radius 3 is 2.24 bits per heavy atom. The summed E-state index contributed by atoms with van der Waals surface area (Å²) in [6.45, 7) is 2.66. The van der Waals surface area contributed by atoms with Crippen molar-refractivity contribution in [3.63, 3.8) is 0 Å². The summed E-state index contributed by atoms with van der Waals surface area (Å²) in [7, 11) is 0. The molecule has 0 saturated heterocycles. The molecule has 0 aliphatic heterocycles. The van der Waals surface area contributed by atoms with Crippen LogP contribution in [-0.4, -0.2) is 4.57 Å². The molecule has 0 aliphatic carbocycles. The topological polar surface area (TPSA) is 22.0 Å². The maximum Gasteiger partial charge on any atom is 0.250 e.